The highest BCUT2D eigenvalue weighted by atomic mass is 32.2. The van der Waals surface area contributed by atoms with Gasteiger partial charge in [0, 0.05) is 23.8 Å². The van der Waals surface area contributed by atoms with Gasteiger partial charge in [0.25, 0.3) is 10.0 Å². The molecule has 0 saturated heterocycles. The second-order valence-electron chi connectivity index (χ2n) is 6.49. The van der Waals surface area contributed by atoms with Crippen LogP contribution in [0.1, 0.15) is 24.0 Å². The van der Waals surface area contributed by atoms with Gasteiger partial charge in [0.15, 0.2) is 0 Å². The molecule has 2 aromatic rings. The first-order chi connectivity index (χ1) is 11.3. The average molecular weight is 364 g/mol. The number of rotatable bonds is 6. The fraction of sp³-hybridized carbons (Fsp3) is 0.471. The number of likely N-dealkylation sites (N-methyl/N-ethyl adjacent to an activating group) is 1. The Kier molecular flexibility index (Phi) is 4.67. The van der Waals surface area contributed by atoms with Crippen LogP contribution in [0.4, 0.5) is 0 Å². The molecule has 0 spiro atoms. The Hall–Kier alpha value is -1.46. The molecule has 24 heavy (non-hydrogen) atoms. The average Bonchev–Trinajstić information content (AvgIpc) is 3.30. The molecule has 3 rings (SSSR count). The Labute approximate surface area is 147 Å². The largest absolute Gasteiger partial charge is 0.308 e. The zero-order chi connectivity index (χ0) is 17.5. The maximum atomic E-state index is 13.2. The van der Waals surface area contributed by atoms with Gasteiger partial charge < -0.3 is 4.90 Å². The quantitative estimate of drug-likeness (QED) is 0.792. The molecule has 0 radical (unpaired) electrons. The minimum Gasteiger partial charge on any atom is -0.308 e. The van der Waals surface area contributed by atoms with E-state index in [4.69, 9.17) is 5.26 Å². The number of aryl methyl sites for hydroxylation is 1. The molecule has 1 aromatic carbocycles. The normalized spacial score (nSPS) is 15.3. The van der Waals surface area contributed by atoms with E-state index in [1.165, 1.54) is 11.3 Å². The summed E-state index contributed by atoms with van der Waals surface area (Å²) in [6.45, 7) is 3.05. The molecule has 7 heteroatoms. The first-order valence-electron chi connectivity index (χ1n) is 7.94. The van der Waals surface area contributed by atoms with Crippen molar-refractivity contribution < 1.29 is 8.42 Å². The summed E-state index contributed by atoms with van der Waals surface area (Å²) in [4.78, 5) is 2.00. The van der Waals surface area contributed by atoms with Crippen molar-refractivity contribution in [1.29, 1.82) is 5.26 Å². The lowest BCUT2D eigenvalue weighted by Gasteiger charge is -2.23. The van der Waals surface area contributed by atoms with E-state index in [0.29, 0.717) is 22.9 Å². The van der Waals surface area contributed by atoms with Crippen molar-refractivity contribution in [3.63, 3.8) is 0 Å². The van der Waals surface area contributed by atoms with Gasteiger partial charge in [-0.25, -0.2) is 8.42 Å². The first-order valence-corrected chi connectivity index (χ1v) is 10.2. The van der Waals surface area contributed by atoms with Gasteiger partial charge in [-0.05, 0) is 63.0 Å². The van der Waals surface area contributed by atoms with Gasteiger partial charge in [-0.3, -0.25) is 0 Å². The molecule has 0 bridgehead atoms. The van der Waals surface area contributed by atoms with Crippen LogP contribution >= 0.6 is 11.3 Å². The Morgan fingerprint density at radius 2 is 2.00 bits per heavy atom. The lowest BCUT2D eigenvalue weighted by molar-refractivity contribution is 0.328. The van der Waals surface area contributed by atoms with Crippen LogP contribution in [-0.2, 0) is 10.0 Å². The molecule has 1 aliphatic rings. The molecule has 1 heterocycles. The van der Waals surface area contributed by atoms with E-state index in [9.17, 15) is 8.42 Å². The SMILES string of the molecule is Cc1c(S(=O)(=O)N(CCN(C)C)C2CC2)sc2ccc(C#N)cc12. The highest BCUT2D eigenvalue weighted by Crippen LogP contribution is 2.39. The molecule has 0 atom stereocenters. The zero-order valence-electron chi connectivity index (χ0n) is 14.1. The summed E-state index contributed by atoms with van der Waals surface area (Å²) < 4.78 is 29.4. The van der Waals surface area contributed by atoms with E-state index in [1.807, 2.05) is 32.0 Å². The third-order valence-electron chi connectivity index (χ3n) is 4.29. The number of hydrogen-bond donors (Lipinski definition) is 0. The summed E-state index contributed by atoms with van der Waals surface area (Å²) in [7, 11) is 0.397. The van der Waals surface area contributed by atoms with Crippen molar-refractivity contribution in [3.05, 3.63) is 29.3 Å². The lowest BCUT2D eigenvalue weighted by atomic mass is 10.1. The topological polar surface area (TPSA) is 64.4 Å². The number of nitrogens with zero attached hydrogens (tertiary/aromatic N) is 3. The van der Waals surface area contributed by atoms with Crippen LogP contribution in [0.3, 0.4) is 0 Å². The predicted molar refractivity (Wildman–Crippen MR) is 96.7 cm³/mol. The molecule has 1 aliphatic carbocycles. The van der Waals surface area contributed by atoms with Crippen LogP contribution in [0.25, 0.3) is 10.1 Å². The molecule has 1 saturated carbocycles. The molecule has 0 aliphatic heterocycles. The van der Waals surface area contributed by atoms with Crippen molar-refractivity contribution in [2.75, 3.05) is 27.2 Å². The molecular formula is C17H21N3O2S2. The molecule has 1 fully saturated rings. The highest BCUT2D eigenvalue weighted by Gasteiger charge is 2.39. The van der Waals surface area contributed by atoms with Gasteiger partial charge in [-0.15, -0.1) is 11.3 Å². The number of fused-ring (bicyclic) bond motifs is 1. The maximum absolute atomic E-state index is 13.2. The molecule has 0 N–H and O–H groups in total. The van der Waals surface area contributed by atoms with E-state index in [-0.39, 0.29) is 6.04 Å². The summed E-state index contributed by atoms with van der Waals surface area (Å²) in [5, 5.41) is 9.93. The summed E-state index contributed by atoms with van der Waals surface area (Å²) in [6.07, 6.45) is 1.88. The van der Waals surface area contributed by atoms with Gasteiger partial charge in [-0.2, -0.15) is 9.57 Å². The Bertz CT molecular complexity index is 906. The third kappa shape index (κ3) is 3.20. The fourth-order valence-electron chi connectivity index (χ4n) is 2.78. The van der Waals surface area contributed by atoms with Gasteiger partial charge in [0.05, 0.1) is 11.6 Å². The Morgan fingerprint density at radius 3 is 2.58 bits per heavy atom. The predicted octanol–water partition coefficient (Wildman–Crippen LogP) is 2.80. The molecular weight excluding hydrogens is 342 g/mol. The van der Waals surface area contributed by atoms with Gasteiger partial charge in [0.1, 0.15) is 4.21 Å². The van der Waals surface area contributed by atoms with Crippen molar-refractivity contribution in [2.45, 2.75) is 30.0 Å². The number of benzene rings is 1. The lowest BCUT2D eigenvalue weighted by Crippen LogP contribution is -2.38. The minimum atomic E-state index is -3.50. The summed E-state index contributed by atoms with van der Waals surface area (Å²) >= 11 is 1.31. The van der Waals surface area contributed by atoms with E-state index < -0.39 is 10.0 Å². The van der Waals surface area contributed by atoms with Crippen LogP contribution in [0.15, 0.2) is 22.4 Å². The molecule has 5 nitrogen and oxygen atoms in total. The molecule has 0 unspecified atom stereocenters. The van der Waals surface area contributed by atoms with Gasteiger partial charge in [-0.1, -0.05) is 0 Å². The van der Waals surface area contributed by atoms with Crippen LogP contribution in [-0.4, -0.2) is 50.8 Å². The Balaban J connectivity index is 2.03. The smallest absolute Gasteiger partial charge is 0.253 e. The summed E-state index contributed by atoms with van der Waals surface area (Å²) in [5.74, 6) is 0. The number of nitriles is 1. The van der Waals surface area contributed by atoms with Crippen molar-refractivity contribution in [3.8, 4) is 6.07 Å². The minimum absolute atomic E-state index is 0.134. The number of sulfonamides is 1. The van der Waals surface area contributed by atoms with Crippen molar-refractivity contribution in [1.82, 2.24) is 9.21 Å². The zero-order valence-corrected chi connectivity index (χ0v) is 15.7. The van der Waals surface area contributed by atoms with Crippen LogP contribution in [0.2, 0.25) is 0 Å². The van der Waals surface area contributed by atoms with Crippen LogP contribution in [0, 0.1) is 18.3 Å². The summed E-state index contributed by atoms with van der Waals surface area (Å²) in [6, 6.07) is 7.60. The molecule has 1 aromatic heterocycles. The van der Waals surface area contributed by atoms with Crippen molar-refractivity contribution in [2.24, 2.45) is 0 Å². The van der Waals surface area contributed by atoms with Gasteiger partial charge >= 0.3 is 0 Å². The van der Waals surface area contributed by atoms with E-state index >= 15 is 0 Å². The second kappa shape index (κ2) is 6.45. The van der Waals surface area contributed by atoms with E-state index in [2.05, 4.69) is 6.07 Å². The highest BCUT2D eigenvalue weighted by molar-refractivity contribution is 7.91. The second-order valence-corrected chi connectivity index (χ2v) is 9.63. The Morgan fingerprint density at radius 1 is 1.29 bits per heavy atom. The van der Waals surface area contributed by atoms with Crippen LogP contribution in [0.5, 0.6) is 0 Å². The number of hydrogen-bond acceptors (Lipinski definition) is 5. The summed E-state index contributed by atoms with van der Waals surface area (Å²) in [5.41, 5.74) is 1.31. The van der Waals surface area contributed by atoms with E-state index in [0.717, 1.165) is 28.5 Å². The first kappa shape index (κ1) is 17.4. The van der Waals surface area contributed by atoms with Gasteiger partial charge in [0.2, 0.25) is 0 Å². The number of thiophene rings is 1. The fourth-order valence-corrected chi connectivity index (χ4v) is 6.31. The van der Waals surface area contributed by atoms with E-state index in [1.54, 1.807) is 16.4 Å². The maximum Gasteiger partial charge on any atom is 0.253 e. The molecule has 0 amide bonds. The molecule has 128 valence electrons. The third-order valence-corrected chi connectivity index (χ3v) is 8.11. The monoisotopic (exact) mass is 363 g/mol. The van der Waals surface area contributed by atoms with Crippen LogP contribution < -0.4 is 0 Å². The standard InChI is InChI=1S/C17H21N3O2S2/c1-12-15-10-13(11-18)4-7-16(15)23-17(12)24(21,22)20(14-5-6-14)9-8-19(2)3/h4,7,10,14H,5-6,8-9H2,1-3H3. The van der Waals surface area contributed by atoms with Crippen molar-refractivity contribution >= 4 is 31.4 Å².